The lowest BCUT2D eigenvalue weighted by Crippen LogP contribution is -2.20. The molecule has 0 spiro atoms. The van der Waals surface area contributed by atoms with Crippen molar-refractivity contribution in [3.63, 3.8) is 0 Å². The molecule has 2 heterocycles. The van der Waals surface area contributed by atoms with Crippen molar-refractivity contribution in [3.05, 3.63) is 34.9 Å². The summed E-state index contributed by atoms with van der Waals surface area (Å²) in [6.45, 7) is 3.93. The first-order valence-electron chi connectivity index (χ1n) is 5.68. The third kappa shape index (κ3) is 1.63. The van der Waals surface area contributed by atoms with E-state index in [0.29, 0.717) is 5.65 Å². The van der Waals surface area contributed by atoms with Crippen LogP contribution in [-0.2, 0) is 0 Å². The highest BCUT2D eigenvalue weighted by atomic mass is 16.5. The van der Waals surface area contributed by atoms with Gasteiger partial charge in [-0.1, -0.05) is 11.6 Å². The molecule has 2 aromatic heterocycles. The van der Waals surface area contributed by atoms with E-state index < -0.39 is 5.91 Å². The highest BCUT2D eigenvalue weighted by Gasteiger charge is 2.16. The molecule has 0 bridgehead atoms. The summed E-state index contributed by atoms with van der Waals surface area (Å²) in [6.07, 6.45) is 0. The van der Waals surface area contributed by atoms with Crippen LogP contribution in [0.1, 0.15) is 21.5 Å². The molecule has 3 rings (SSSR count). The number of benzene rings is 1. The topological polar surface area (TPSA) is 92.4 Å². The minimum atomic E-state index is -0.638. The molecule has 19 heavy (non-hydrogen) atoms. The maximum Gasteiger partial charge on any atom is 0.278 e. The van der Waals surface area contributed by atoms with E-state index in [0.717, 1.165) is 22.0 Å². The Morgan fingerprint density at radius 3 is 2.84 bits per heavy atom. The third-order valence-electron chi connectivity index (χ3n) is 3.04. The summed E-state index contributed by atoms with van der Waals surface area (Å²) < 4.78 is 1.51. The molecule has 0 aliphatic rings. The van der Waals surface area contributed by atoms with Crippen LogP contribution in [0.2, 0.25) is 0 Å². The largest absolute Gasteiger partial charge is 0.288 e. The SMILES string of the molecule is Cc1cc(C)c2c(c1)cc(C(=O)NO)c1nnnn12. The fraction of sp³-hybridized carbons (Fsp3) is 0.167. The molecule has 96 valence electrons. The molecular weight excluding hydrogens is 246 g/mol. The minimum Gasteiger partial charge on any atom is -0.288 e. The number of pyridine rings is 1. The third-order valence-corrected chi connectivity index (χ3v) is 3.04. The second kappa shape index (κ2) is 3.99. The number of hydrogen-bond donors (Lipinski definition) is 2. The average molecular weight is 257 g/mol. The summed E-state index contributed by atoms with van der Waals surface area (Å²) in [5.74, 6) is -0.638. The summed E-state index contributed by atoms with van der Waals surface area (Å²) in [4.78, 5) is 11.7. The maximum absolute atomic E-state index is 11.7. The van der Waals surface area contributed by atoms with E-state index >= 15 is 0 Å². The Kier molecular flexibility index (Phi) is 2.42. The Morgan fingerprint density at radius 1 is 1.32 bits per heavy atom. The van der Waals surface area contributed by atoms with Crippen LogP contribution in [0, 0.1) is 13.8 Å². The zero-order chi connectivity index (χ0) is 13.6. The lowest BCUT2D eigenvalue weighted by molar-refractivity contribution is 0.0707. The molecule has 0 fully saturated rings. The number of fused-ring (bicyclic) bond motifs is 3. The van der Waals surface area contributed by atoms with Crippen molar-refractivity contribution in [2.45, 2.75) is 13.8 Å². The van der Waals surface area contributed by atoms with Gasteiger partial charge in [-0.3, -0.25) is 10.0 Å². The number of rotatable bonds is 1. The first kappa shape index (κ1) is 11.5. The summed E-state index contributed by atoms with van der Waals surface area (Å²) in [6, 6.07) is 5.64. The molecule has 0 aliphatic heterocycles. The number of amides is 1. The predicted molar refractivity (Wildman–Crippen MR) is 67.0 cm³/mol. The number of hydrogen-bond acceptors (Lipinski definition) is 5. The van der Waals surface area contributed by atoms with E-state index in [9.17, 15) is 4.79 Å². The second-order valence-corrected chi connectivity index (χ2v) is 4.43. The molecule has 0 aliphatic carbocycles. The van der Waals surface area contributed by atoms with Crippen molar-refractivity contribution in [1.29, 1.82) is 0 Å². The zero-order valence-corrected chi connectivity index (χ0v) is 10.4. The smallest absolute Gasteiger partial charge is 0.278 e. The van der Waals surface area contributed by atoms with E-state index in [2.05, 4.69) is 15.5 Å². The van der Waals surface area contributed by atoms with Crippen molar-refractivity contribution in [2.24, 2.45) is 0 Å². The maximum atomic E-state index is 11.7. The number of aromatic nitrogens is 4. The van der Waals surface area contributed by atoms with E-state index in [1.54, 1.807) is 11.5 Å². The molecule has 0 radical (unpaired) electrons. The Morgan fingerprint density at radius 2 is 2.11 bits per heavy atom. The van der Waals surface area contributed by atoms with Crippen LogP contribution in [0.25, 0.3) is 16.6 Å². The molecule has 1 amide bonds. The normalized spacial score (nSPS) is 11.1. The number of carbonyl (C=O) groups excluding carboxylic acids is 1. The average Bonchev–Trinajstić information content (AvgIpc) is 2.84. The summed E-state index contributed by atoms with van der Waals surface area (Å²) in [5.41, 5.74) is 5.09. The zero-order valence-electron chi connectivity index (χ0n) is 10.4. The molecule has 0 saturated carbocycles. The number of aryl methyl sites for hydroxylation is 2. The van der Waals surface area contributed by atoms with Gasteiger partial charge >= 0.3 is 0 Å². The molecule has 2 N–H and O–H groups in total. The number of nitrogens with one attached hydrogen (secondary N) is 1. The Balaban J connectivity index is 2.51. The lowest BCUT2D eigenvalue weighted by Gasteiger charge is -2.08. The van der Waals surface area contributed by atoms with Crippen LogP contribution >= 0.6 is 0 Å². The van der Waals surface area contributed by atoms with Crippen LogP contribution in [-0.4, -0.2) is 31.2 Å². The van der Waals surface area contributed by atoms with Gasteiger partial charge in [0, 0.05) is 5.39 Å². The van der Waals surface area contributed by atoms with E-state index in [1.165, 1.54) is 4.52 Å². The minimum absolute atomic E-state index is 0.227. The lowest BCUT2D eigenvalue weighted by atomic mass is 10.0. The van der Waals surface area contributed by atoms with Crippen molar-refractivity contribution < 1.29 is 10.0 Å². The van der Waals surface area contributed by atoms with Gasteiger partial charge < -0.3 is 0 Å². The van der Waals surface area contributed by atoms with Gasteiger partial charge in [-0.15, -0.1) is 5.10 Å². The van der Waals surface area contributed by atoms with Crippen LogP contribution in [0.5, 0.6) is 0 Å². The van der Waals surface area contributed by atoms with Crippen molar-refractivity contribution in [3.8, 4) is 0 Å². The first-order chi connectivity index (χ1) is 9.11. The summed E-state index contributed by atoms with van der Waals surface area (Å²) in [7, 11) is 0. The number of nitrogens with zero attached hydrogens (tertiary/aromatic N) is 4. The van der Waals surface area contributed by atoms with Gasteiger partial charge in [0.05, 0.1) is 11.1 Å². The molecular formula is C12H11N5O2. The highest BCUT2D eigenvalue weighted by molar-refractivity contribution is 6.03. The number of tetrazole rings is 1. The van der Waals surface area contributed by atoms with E-state index in [-0.39, 0.29) is 5.56 Å². The molecule has 7 heteroatoms. The van der Waals surface area contributed by atoms with Gasteiger partial charge in [0.1, 0.15) is 0 Å². The molecule has 0 saturated heterocycles. The molecule has 1 aromatic carbocycles. The van der Waals surface area contributed by atoms with Crippen LogP contribution < -0.4 is 5.48 Å². The Labute approximate surface area is 107 Å². The first-order valence-corrected chi connectivity index (χ1v) is 5.68. The van der Waals surface area contributed by atoms with Gasteiger partial charge in [0.15, 0.2) is 5.65 Å². The van der Waals surface area contributed by atoms with Crippen LogP contribution in [0.15, 0.2) is 18.2 Å². The Hall–Kier alpha value is -2.54. The number of carbonyl (C=O) groups is 1. The Bertz CT molecular complexity index is 809. The van der Waals surface area contributed by atoms with Gasteiger partial charge in [0.25, 0.3) is 5.91 Å². The van der Waals surface area contributed by atoms with Gasteiger partial charge in [0.2, 0.25) is 0 Å². The standard InChI is InChI=1S/C12H11N5O2/c1-6-3-7(2)10-8(4-6)5-9(12(18)14-19)11-13-15-16-17(10)11/h3-5,19H,1-2H3,(H,14,18). The van der Waals surface area contributed by atoms with Crippen molar-refractivity contribution in [2.75, 3.05) is 0 Å². The van der Waals surface area contributed by atoms with Crippen LogP contribution in [0.3, 0.4) is 0 Å². The van der Waals surface area contributed by atoms with E-state index in [1.807, 2.05) is 26.0 Å². The second-order valence-electron chi connectivity index (χ2n) is 4.43. The predicted octanol–water partition coefficient (Wildman–Crippen LogP) is 1.01. The fourth-order valence-electron chi connectivity index (χ4n) is 2.35. The van der Waals surface area contributed by atoms with Gasteiger partial charge in [-0.2, -0.15) is 4.52 Å². The van der Waals surface area contributed by atoms with Gasteiger partial charge in [-0.25, -0.2) is 5.48 Å². The number of hydroxylamine groups is 1. The van der Waals surface area contributed by atoms with Crippen molar-refractivity contribution in [1.82, 2.24) is 25.5 Å². The monoisotopic (exact) mass is 257 g/mol. The molecule has 0 atom stereocenters. The molecule has 7 nitrogen and oxygen atoms in total. The fourth-order valence-corrected chi connectivity index (χ4v) is 2.35. The molecule has 0 unspecified atom stereocenters. The summed E-state index contributed by atoms with van der Waals surface area (Å²) >= 11 is 0. The van der Waals surface area contributed by atoms with E-state index in [4.69, 9.17) is 5.21 Å². The van der Waals surface area contributed by atoms with Gasteiger partial charge in [-0.05, 0) is 42.0 Å². The van der Waals surface area contributed by atoms with Crippen molar-refractivity contribution >= 4 is 22.5 Å². The van der Waals surface area contributed by atoms with Crippen LogP contribution in [0.4, 0.5) is 0 Å². The highest BCUT2D eigenvalue weighted by Crippen LogP contribution is 2.23. The molecule has 3 aromatic rings. The quantitative estimate of drug-likeness (QED) is 0.501. The summed E-state index contributed by atoms with van der Waals surface area (Å²) in [5, 5.41) is 21.0.